The Morgan fingerprint density at radius 3 is 2.39 bits per heavy atom. The summed E-state index contributed by atoms with van der Waals surface area (Å²) in [5, 5.41) is 2.52. The van der Waals surface area contributed by atoms with Crippen molar-refractivity contribution in [2.75, 3.05) is 5.43 Å². The van der Waals surface area contributed by atoms with Gasteiger partial charge >= 0.3 is 18.2 Å². The van der Waals surface area contributed by atoms with E-state index in [9.17, 15) is 22.8 Å². The number of anilines is 1. The number of halogens is 3. The van der Waals surface area contributed by atoms with Crippen LogP contribution in [0.3, 0.4) is 0 Å². The number of benzene rings is 1. The summed E-state index contributed by atoms with van der Waals surface area (Å²) in [5.74, 6) is -2.10. The fourth-order valence-electron chi connectivity index (χ4n) is 1.45. The average molecular weight is 333 g/mol. The summed E-state index contributed by atoms with van der Waals surface area (Å²) in [6, 6.07) is 6.17. The van der Waals surface area contributed by atoms with Crippen molar-refractivity contribution in [1.82, 2.24) is 10.7 Å². The van der Waals surface area contributed by atoms with Crippen LogP contribution in [0, 0.1) is 0 Å². The van der Waals surface area contributed by atoms with E-state index in [-0.39, 0.29) is 12.2 Å². The molecule has 0 aliphatic heterocycles. The molecule has 1 rings (SSSR count). The summed E-state index contributed by atoms with van der Waals surface area (Å²) in [5.41, 5.74) is 3.92. The molecule has 3 N–H and O–H groups in total. The number of alkyl carbamates (subject to hydrolysis) is 1. The van der Waals surface area contributed by atoms with E-state index in [1.165, 1.54) is 17.6 Å². The molecule has 2 amide bonds. The van der Waals surface area contributed by atoms with Gasteiger partial charge in [0.25, 0.3) is 0 Å². The second kappa shape index (κ2) is 7.21. The van der Waals surface area contributed by atoms with E-state index in [0.29, 0.717) is 5.56 Å². The third-order valence-electron chi connectivity index (χ3n) is 2.34. The third kappa shape index (κ3) is 7.39. The fraction of sp³-hybridized carbons (Fsp3) is 0.429. The molecule has 0 radical (unpaired) electrons. The number of amides is 2. The van der Waals surface area contributed by atoms with Crippen molar-refractivity contribution in [2.24, 2.45) is 0 Å². The van der Waals surface area contributed by atoms with Gasteiger partial charge in [-0.3, -0.25) is 15.6 Å². The molecule has 0 heterocycles. The van der Waals surface area contributed by atoms with Gasteiger partial charge in [0.15, 0.2) is 0 Å². The summed E-state index contributed by atoms with van der Waals surface area (Å²) in [6.45, 7) is 5.29. The van der Waals surface area contributed by atoms with Gasteiger partial charge in [-0.25, -0.2) is 4.79 Å². The van der Waals surface area contributed by atoms with Crippen LogP contribution in [0.2, 0.25) is 0 Å². The highest BCUT2D eigenvalue weighted by atomic mass is 19.4. The van der Waals surface area contributed by atoms with Crippen LogP contribution < -0.4 is 16.2 Å². The summed E-state index contributed by atoms with van der Waals surface area (Å²) in [4.78, 5) is 22.2. The van der Waals surface area contributed by atoms with Crippen LogP contribution in [0.4, 0.5) is 23.7 Å². The van der Waals surface area contributed by atoms with Gasteiger partial charge in [0.1, 0.15) is 5.60 Å². The maximum Gasteiger partial charge on any atom is 0.472 e. The molecule has 0 fully saturated rings. The van der Waals surface area contributed by atoms with E-state index in [4.69, 9.17) is 4.74 Å². The quantitative estimate of drug-likeness (QED) is 0.740. The molecule has 0 unspecified atom stereocenters. The Balaban J connectivity index is 2.54. The summed E-state index contributed by atoms with van der Waals surface area (Å²) >= 11 is 0. The Morgan fingerprint density at radius 1 is 1.17 bits per heavy atom. The number of hydrogen-bond donors (Lipinski definition) is 3. The molecule has 0 atom stereocenters. The van der Waals surface area contributed by atoms with Crippen molar-refractivity contribution in [1.29, 1.82) is 0 Å². The average Bonchev–Trinajstić information content (AvgIpc) is 2.40. The van der Waals surface area contributed by atoms with Crippen LogP contribution in [0.1, 0.15) is 26.3 Å². The van der Waals surface area contributed by atoms with Gasteiger partial charge in [-0.1, -0.05) is 12.1 Å². The van der Waals surface area contributed by atoms with Crippen LogP contribution in [-0.4, -0.2) is 23.8 Å². The van der Waals surface area contributed by atoms with Crippen LogP contribution >= 0.6 is 0 Å². The van der Waals surface area contributed by atoms with Crippen molar-refractivity contribution in [2.45, 2.75) is 39.1 Å². The first-order valence-corrected chi connectivity index (χ1v) is 6.66. The topological polar surface area (TPSA) is 79.5 Å². The van der Waals surface area contributed by atoms with Crippen LogP contribution in [0.15, 0.2) is 24.3 Å². The Morgan fingerprint density at radius 2 is 1.83 bits per heavy atom. The third-order valence-corrected chi connectivity index (χ3v) is 2.34. The highest BCUT2D eigenvalue weighted by Gasteiger charge is 2.38. The van der Waals surface area contributed by atoms with E-state index in [2.05, 4.69) is 10.7 Å². The lowest BCUT2D eigenvalue weighted by molar-refractivity contribution is -0.173. The van der Waals surface area contributed by atoms with Crippen molar-refractivity contribution in [3.8, 4) is 0 Å². The molecule has 23 heavy (non-hydrogen) atoms. The van der Waals surface area contributed by atoms with Crippen molar-refractivity contribution >= 4 is 17.7 Å². The Labute approximate surface area is 131 Å². The number of ether oxygens (including phenoxy) is 1. The largest absolute Gasteiger partial charge is 0.472 e. The van der Waals surface area contributed by atoms with Crippen molar-refractivity contribution in [3.63, 3.8) is 0 Å². The zero-order valence-corrected chi connectivity index (χ0v) is 12.9. The van der Waals surface area contributed by atoms with E-state index < -0.39 is 23.8 Å². The summed E-state index contributed by atoms with van der Waals surface area (Å²) < 4.78 is 41.2. The summed E-state index contributed by atoms with van der Waals surface area (Å²) in [6.07, 6.45) is -5.58. The lowest BCUT2D eigenvalue weighted by Crippen LogP contribution is -2.40. The normalized spacial score (nSPS) is 11.6. The van der Waals surface area contributed by atoms with E-state index in [1.54, 1.807) is 32.9 Å². The van der Waals surface area contributed by atoms with Gasteiger partial charge in [0, 0.05) is 6.54 Å². The molecule has 0 aliphatic rings. The summed E-state index contributed by atoms with van der Waals surface area (Å²) in [7, 11) is 0. The minimum absolute atomic E-state index is 0.123. The van der Waals surface area contributed by atoms with Crippen LogP contribution in [0.5, 0.6) is 0 Å². The van der Waals surface area contributed by atoms with Gasteiger partial charge in [-0.05, 0) is 38.5 Å². The van der Waals surface area contributed by atoms with E-state index in [0.717, 1.165) is 0 Å². The Bertz CT molecular complexity index is 568. The van der Waals surface area contributed by atoms with Gasteiger partial charge in [0.2, 0.25) is 0 Å². The molecular formula is C14H18F3N3O3. The van der Waals surface area contributed by atoms with Gasteiger partial charge in [0.05, 0.1) is 5.69 Å². The first kappa shape index (κ1) is 18.6. The Hall–Kier alpha value is -2.45. The zero-order chi connectivity index (χ0) is 17.7. The second-order valence-corrected chi connectivity index (χ2v) is 5.63. The maximum absolute atomic E-state index is 12.1. The molecule has 0 aliphatic carbocycles. The lowest BCUT2D eigenvalue weighted by Gasteiger charge is -2.19. The molecule has 1 aromatic rings. The number of alkyl halides is 3. The molecule has 128 valence electrons. The molecule has 0 bridgehead atoms. The Kier molecular flexibility index (Phi) is 5.83. The standard InChI is InChI=1S/C14H18F3N3O3/c1-13(2,3)23-12(22)18-8-9-5-4-6-10(7-9)19-20-11(21)14(15,16)17/h4-7,19H,8H2,1-3H3,(H,18,22)(H,20,21). The van der Waals surface area contributed by atoms with Gasteiger partial charge in [-0.15, -0.1) is 0 Å². The molecule has 0 aromatic heterocycles. The number of nitrogens with one attached hydrogen (secondary N) is 3. The number of hydrazine groups is 1. The van der Waals surface area contributed by atoms with Crippen molar-refractivity contribution < 1.29 is 27.5 Å². The highest BCUT2D eigenvalue weighted by molar-refractivity contribution is 5.82. The number of carbonyl (C=O) groups excluding carboxylic acids is 2. The monoisotopic (exact) mass is 333 g/mol. The van der Waals surface area contributed by atoms with Gasteiger partial charge < -0.3 is 10.1 Å². The predicted octanol–water partition coefficient (Wildman–Crippen LogP) is 2.72. The maximum atomic E-state index is 12.1. The lowest BCUT2D eigenvalue weighted by atomic mass is 10.2. The van der Waals surface area contributed by atoms with Crippen LogP contribution in [0.25, 0.3) is 0 Å². The van der Waals surface area contributed by atoms with Crippen LogP contribution in [-0.2, 0) is 16.1 Å². The smallest absolute Gasteiger partial charge is 0.444 e. The second-order valence-electron chi connectivity index (χ2n) is 5.63. The molecule has 0 saturated carbocycles. The minimum Gasteiger partial charge on any atom is -0.444 e. The zero-order valence-electron chi connectivity index (χ0n) is 12.9. The van der Waals surface area contributed by atoms with Crippen molar-refractivity contribution in [3.05, 3.63) is 29.8 Å². The van der Waals surface area contributed by atoms with E-state index in [1.807, 2.05) is 0 Å². The molecular weight excluding hydrogens is 315 g/mol. The fourth-order valence-corrected chi connectivity index (χ4v) is 1.45. The molecule has 6 nitrogen and oxygen atoms in total. The highest BCUT2D eigenvalue weighted by Crippen LogP contribution is 2.15. The molecule has 1 aromatic carbocycles. The first-order chi connectivity index (χ1) is 10.5. The number of carbonyl (C=O) groups is 2. The number of hydrogen-bond acceptors (Lipinski definition) is 4. The van der Waals surface area contributed by atoms with E-state index >= 15 is 0 Å². The SMILES string of the molecule is CC(C)(C)OC(=O)NCc1cccc(NNC(=O)C(F)(F)F)c1. The molecule has 0 saturated heterocycles. The predicted molar refractivity (Wildman–Crippen MR) is 77.3 cm³/mol. The molecule has 0 spiro atoms. The minimum atomic E-state index is -4.97. The first-order valence-electron chi connectivity index (χ1n) is 6.66. The van der Waals surface area contributed by atoms with Gasteiger partial charge in [-0.2, -0.15) is 13.2 Å². The molecule has 9 heteroatoms. The number of rotatable bonds is 4.